The summed E-state index contributed by atoms with van der Waals surface area (Å²) in [7, 11) is 3.34. The van der Waals surface area contributed by atoms with Crippen LogP contribution in [0.25, 0.3) is 10.6 Å². The van der Waals surface area contributed by atoms with Crippen molar-refractivity contribution >= 4 is 29.4 Å². The van der Waals surface area contributed by atoms with Gasteiger partial charge in [0.15, 0.2) is 22.9 Å². The van der Waals surface area contributed by atoms with Crippen LogP contribution in [0.5, 0.6) is 11.5 Å². The molecule has 4 N–H and O–H groups in total. The van der Waals surface area contributed by atoms with E-state index < -0.39 is 36.4 Å². The highest BCUT2D eigenvalue weighted by atomic mass is 32.1. The second-order valence-corrected chi connectivity index (χ2v) is 10.8. The van der Waals surface area contributed by atoms with Crippen molar-refractivity contribution in [3.63, 3.8) is 0 Å². The zero-order valence-corrected chi connectivity index (χ0v) is 24.5. The summed E-state index contributed by atoms with van der Waals surface area (Å²) in [6.45, 7) is 6.93. The molecule has 1 saturated heterocycles. The molecule has 1 unspecified atom stereocenters. The monoisotopic (exact) mass is 606 g/mol. The van der Waals surface area contributed by atoms with Gasteiger partial charge in [-0.15, -0.1) is 5.10 Å². The van der Waals surface area contributed by atoms with Crippen LogP contribution in [0, 0.1) is 13.8 Å². The number of aliphatic carboxylic acids is 3. The number of aromatic nitrogens is 3. The normalized spacial score (nSPS) is 15.4. The molecule has 1 aliphatic heterocycles. The number of nitrogens with zero attached hydrogens (tertiary/aromatic N) is 4. The molecule has 1 aromatic carbocycles. The maximum atomic E-state index is 10.3. The van der Waals surface area contributed by atoms with E-state index >= 15 is 0 Å². The molecule has 4 rings (SSSR count). The first kappa shape index (κ1) is 32.4. The summed E-state index contributed by atoms with van der Waals surface area (Å²) < 4.78 is 20.6. The highest BCUT2D eigenvalue weighted by Crippen LogP contribution is 2.37. The molecule has 1 fully saturated rings. The molecule has 0 radical (unpaired) electrons. The summed E-state index contributed by atoms with van der Waals surface area (Å²) in [4.78, 5) is 34.0. The fourth-order valence-corrected chi connectivity index (χ4v) is 5.37. The fourth-order valence-electron chi connectivity index (χ4n) is 4.68. The topological polar surface area (TPSA) is 206 Å². The first-order valence-corrected chi connectivity index (χ1v) is 13.7. The lowest BCUT2D eigenvalue weighted by molar-refractivity contribution is -0.170. The summed E-state index contributed by atoms with van der Waals surface area (Å²) in [5.74, 6) is -2.38. The number of benzene rings is 1. The van der Waals surface area contributed by atoms with Crippen LogP contribution in [0.4, 0.5) is 0 Å². The van der Waals surface area contributed by atoms with Crippen molar-refractivity contribution in [2.75, 3.05) is 27.3 Å². The van der Waals surface area contributed by atoms with Crippen molar-refractivity contribution in [2.24, 2.45) is 0 Å². The smallest absolute Gasteiger partial charge is 0.336 e. The molecule has 2 aromatic heterocycles. The Morgan fingerprint density at radius 1 is 1.07 bits per heavy atom. The van der Waals surface area contributed by atoms with Crippen LogP contribution in [0.3, 0.4) is 0 Å². The van der Waals surface area contributed by atoms with Gasteiger partial charge >= 0.3 is 17.9 Å². The lowest BCUT2D eigenvalue weighted by Crippen LogP contribution is -2.42. The number of methoxy groups -OCH3 is 2. The minimum Gasteiger partial charge on any atom is -0.493 e. The van der Waals surface area contributed by atoms with E-state index in [2.05, 4.69) is 32.6 Å². The summed E-state index contributed by atoms with van der Waals surface area (Å²) in [5.41, 5.74) is 1.62. The average Bonchev–Trinajstić information content (AvgIpc) is 3.58. The molecule has 15 heteroatoms. The van der Waals surface area contributed by atoms with Crippen molar-refractivity contribution in [3.8, 4) is 22.1 Å². The van der Waals surface area contributed by atoms with Crippen LogP contribution >= 0.6 is 11.5 Å². The van der Waals surface area contributed by atoms with Crippen molar-refractivity contribution in [2.45, 2.75) is 57.6 Å². The van der Waals surface area contributed by atoms with Crippen molar-refractivity contribution < 1.29 is 48.8 Å². The second-order valence-electron chi connectivity index (χ2n) is 10.0. The largest absolute Gasteiger partial charge is 0.493 e. The average molecular weight is 607 g/mol. The number of aliphatic hydroxyl groups is 1. The van der Waals surface area contributed by atoms with Gasteiger partial charge in [0.05, 0.1) is 38.4 Å². The summed E-state index contributed by atoms with van der Waals surface area (Å²) >= 11 is 1.38. The number of likely N-dealkylation sites (tertiary alicyclic amines) is 1. The molecule has 14 nitrogen and oxygen atoms in total. The van der Waals surface area contributed by atoms with Gasteiger partial charge in [-0.2, -0.15) is 0 Å². The van der Waals surface area contributed by atoms with Crippen LogP contribution in [0.15, 0.2) is 22.7 Å². The summed E-state index contributed by atoms with van der Waals surface area (Å²) in [5, 5.41) is 42.3. The lowest BCUT2D eigenvalue weighted by Gasteiger charge is -2.32. The number of carbonyl (C=O) groups is 3. The predicted molar refractivity (Wildman–Crippen MR) is 149 cm³/mol. The highest BCUT2D eigenvalue weighted by molar-refractivity contribution is 7.09. The van der Waals surface area contributed by atoms with Crippen LogP contribution in [0.2, 0.25) is 0 Å². The third-order valence-electron chi connectivity index (χ3n) is 6.78. The van der Waals surface area contributed by atoms with Gasteiger partial charge in [0, 0.05) is 25.1 Å². The first-order chi connectivity index (χ1) is 19.9. The Labute approximate surface area is 245 Å². The second kappa shape index (κ2) is 14.2. The molecule has 0 saturated carbocycles. The summed E-state index contributed by atoms with van der Waals surface area (Å²) in [6, 6.07) is 6.08. The van der Waals surface area contributed by atoms with Gasteiger partial charge in [0.2, 0.25) is 0 Å². The Morgan fingerprint density at radius 2 is 1.71 bits per heavy atom. The van der Waals surface area contributed by atoms with Gasteiger partial charge in [0.1, 0.15) is 4.88 Å². The Bertz CT molecular complexity index is 1390. The fraction of sp³-hybridized carbons (Fsp3) is 0.481. The van der Waals surface area contributed by atoms with Gasteiger partial charge in [-0.3, -0.25) is 14.5 Å². The van der Waals surface area contributed by atoms with E-state index in [1.165, 1.54) is 22.7 Å². The molecule has 0 bridgehead atoms. The first-order valence-electron chi connectivity index (χ1n) is 13.0. The van der Waals surface area contributed by atoms with E-state index in [0.717, 1.165) is 66.0 Å². The van der Waals surface area contributed by atoms with Gasteiger partial charge in [-0.05, 0) is 68.0 Å². The predicted octanol–water partition coefficient (Wildman–Crippen LogP) is 2.96. The Balaban J connectivity index is 0.000000316. The van der Waals surface area contributed by atoms with Crippen LogP contribution in [-0.2, 0) is 20.9 Å². The van der Waals surface area contributed by atoms with E-state index in [1.807, 2.05) is 19.1 Å². The third-order valence-corrected chi connectivity index (χ3v) is 7.53. The molecular weight excluding hydrogens is 572 g/mol. The van der Waals surface area contributed by atoms with Gasteiger partial charge < -0.3 is 34.4 Å². The van der Waals surface area contributed by atoms with Gasteiger partial charge in [-0.1, -0.05) is 9.64 Å². The Morgan fingerprint density at radius 3 is 2.26 bits per heavy atom. The molecule has 0 spiro atoms. The highest BCUT2D eigenvalue weighted by Gasteiger charge is 2.40. The Kier molecular flexibility index (Phi) is 11.0. The number of carboxylic acid groups (broad SMARTS) is 3. The molecule has 1 atom stereocenters. The molecule has 0 amide bonds. The maximum Gasteiger partial charge on any atom is 0.336 e. The van der Waals surface area contributed by atoms with E-state index in [0.29, 0.717) is 5.92 Å². The molecule has 42 heavy (non-hydrogen) atoms. The molecule has 0 aliphatic carbocycles. The molecule has 3 heterocycles. The van der Waals surface area contributed by atoms with E-state index in [1.54, 1.807) is 14.2 Å². The minimum atomic E-state index is -2.74. The Hall–Kier alpha value is -4.08. The van der Waals surface area contributed by atoms with Crippen molar-refractivity contribution in [1.82, 2.24) is 19.6 Å². The SMILES string of the molecule is COc1cc(C)c(CN2CCCC(c3nnsc3-c3cc(C)no3)C2)cc1OC.O=C(O)CC(O)(CC(=O)O)C(=O)O. The molecule has 3 aromatic rings. The number of ether oxygens (including phenoxy) is 2. The minimum absolute atomic E-state index is 0.336. The van der Waals surface area contributed by atoms with Crippen LogP contribution in [0.1, 0.15) is 54.1 Å². The quantitative estimate of drug-likeness (QED) is 0.248. The third kappa shape index (κ3) is 8.24. The van der Waals surface area contributed by atoms with Crippen LogP contribution < -0.4 is 9.47 Å². The number of rotatable bonds is 11. The van der Waals surface area contributed by atoms with Crippen molar-refractivity contribution in [3.05, 3.63) is 40.7 Å². The zero-order chi connectivity index (χ0) is 31.0. The van der Waals surface area contributed by atoms with Crippen LogP contribution in [-0.4, -0.2) is 90.9 Å². The number of carboxylic acids is 3. The molecular formula is C27H34N4O10S. The van der Waals surface area contributed by atoms with Crippen molar-refractivity contribution in [1.29, 1.82) is 0 Å². The van der Waals surface area contributed by atoms with E-state index in [9.17, 15) is 14.4 Å². The number of hydrogen-bond acceptors (Lipinski definition) is 12. The van der Waals surface area contributed by atoms with E-state index in [-0.39, 0.29) is 0 Å². The van der Waals surface area contributed by atoms with E-state index in [4.69, 9.17) is 34.4 Å². The van der Waals surface area contributed by atoms with Gasteiger partial charge in [0.25, 0.3) is 0 Å². The zero-order valence-electron chi connectivity index (χ0n) is 23.7. The number of hydrogen-bond donors (Lipinski definition) is 4. The standard InChI is InChI=1S/C21H26N4O3S.C6H8O7/c1-13-8-17(26-3)18(27-4)10-16(13)12-25-7-5-6-15(11-25)20-21(29-24-22-20)19-9-14(2)23-28-19;7-3(8)1-6(13,5(11)12)2-4(9)10/h8-10,15H,5-7,11-12H2,1-4H3;13H,1-2H2,(H,7,8)(H,9,10)(H,11,12). The molecule has 228 valence electrons. The number of piperidine rings is 1. The number of aryl methyl sites for hydroxylation is 2. The maximum absolute atomic E-state index is 10.3. The molecule has 1 aliphatic rings. The summed E-state index contributed by atoms with van der Waals surface area (Å²) in [6.07, 6.45) is -0.0559. The van der Waals surface area contributed by atoms with Gasteiger partial charge in [-0.25, -0.2) is 4.79 Å². The lowest BCUT2D eigenvalue weighted by atomic mass is 9.93.